The molecule has 0 fully saturated rings. The van der Waals surface area contributed by atoms with Gasteiger partial charge in [-0.15, -0.1) is 0 Å². The Balaban J connectivity index is 1.79. The van der Waals surface area contributed by atoms with Crippen LogP contribution in [0.5, 0.6) is 11.5 Å². The second-order valence-electron chi connectivity index (χ2n) is 4.63. The van der Waals surface area contributed by atoms with Crippen molar-refractivity contribution in [2.24, 2.45) is 0 Å². The number of nitrogens with one attached hydrogen (secondary N) is 1. The molecule has 2 atom stereocenters. The summed E-state index contributed by atoms with van der Waals surface area (Å²) in [5.74, 6) is 1.84. The molecule has 0 radical (unpaired) electrons. The van der Waals surface area contributed by atoms with Crippen molar-refractivity contribution in [2.75, 3.05) is 11.9 Å². The SMILES string of the molecule is c1ccc2c(c1)NC1COc3ccccc3C1O2. The molecule has 0 saturated carbocycles. The highest BCUT2D eigenvalue weighted by molar-refractivity contribution is 5.60. The summed E-state index contributed by atoms with van der Waals surface area (Å²) in [5, 5.41) is 3.49. The van der Waals surface area contributed by atoms with Crippen LogP contribution in [0.1, 0.15) is 11.7 Å². The van der Waals surface area contributed by atoms with Crippen LogP contribution in [0.4, 0.5) is 5.69 Å². The van der Waals surface area contributed by atoms with E-state index in [0.29, 0.717) is 6.61 Å². The summed E-state index contributed by atoms with van der Waals surface area (Å²) in [5.41, 5.74) is 2.16. The molecule has 0 bridgehead atoms. The zero-order valence-corrected chi connectivity index (χ0v) is 9.80. The third-order valence-corrected chi connectivity index (χ3v) is 3.49. The smallest absolute Gasteiger partial charge is 0.151 e. The number of rotatable bonds is 0. The Morgan fingerprint density at radius 2 is 1.72 bits per heavy atom. The predicted molar refractivity (Wildman–Crippen MR) is 69.2 cm³/mol. The quantitative estimate of drug-likeness (QED) is 0.766. The summed E-state index contributed by atoms with van der Waals surface area (Å²) in [6, 6.07) is 16.3. The molecule has 18 heavy (non-hydrogen) atoms. The first-order chi connectivity index (χ1) is 8.92. The first-order valence-electron chi connectivity index (χ1n) is 6.16. The molecule has 2 aliphatic rings. The lowest BCUT2D eigenvalue weighted by Crippen LogP contribution is -2.42. The van der Waals surface area contributed by atoms with Gasteiger partial charge >= 0.3 is 0 Å². The molecule has 2 heterocycles. The number of benzene rings is 2. The van der Waals surface area contributed by atoms with Gasteiger partial charge in [-0.2, -0.15) is 0 Å². The van der Waals surface area contributed by atoms with E-state index in [1.54, 1.807) is 0 Å². The van der Waals surface area contributed by atoms with Crippen molar-refractivity contribution in [1.29, 1.82) is 0 Å². The van der Waals surface area contributed by atoms with Gasteiger partial charge in [0.25, 0.3) is 0 Å². The van der Waals surface area contributed by atoms with Crippen LogP contribution in [0.3, 0.4) is 0 Å². The lowest BCUT2D eigenvalue weighted by molar-refractivity contribution is 0.112. The van der Waals surface area contributed by atoms with Crippen LogP contribution in [0.2, 0.25) is 0 Å². The number of para-hydroxylation sites is 3. The third-order valence-electron chi connectivity index (χ3n) is 3.49. The molecule has 2 unspecified atom stereocenters. The van der Waals surface area contributed by atoms with Crippen molar-refractivity contribution < 1.29 is 9.47 Å². The molecule has 2 aromatic carbocycles. The first kappa shape index (κ1) is 9.83. The van der Waals surface area contributed by atoms with Gasteiger partial charge in [-0.1, -0.05) is 30.3 Å². The topological polar surface area (TPSA) is 30.5 Å². The molecule has 3 nitrogen and oxygen atoms in total. The summed E-state index contributed by atoms with van der Waals surface area (Å²) < 4.78 is 11.9. The van der Waals surface area contributed by atoms with Gasteiger partial charge in [0.2, 0.25) is 0 Å². The molecule has 4 rings (SSSR count). The molecule has 0 spiro atoms. The number of ether oxygens (including phenoxy) is 2. The maximum absolute atomic E-state index is 6.12. The predicted octanol–water partition coefficient (Wildman–Crippen LogP) is 2.99. The summed E-state index contributed by atoms with van der Waals surface area (Å²) in [6.07, 6.45) is 0.0323. The zero-order chi connectivity index (χ0) is 11.9. The normalized spacial score (nSPS) is 23.6. The van der Waals surface area contributed by atoms with E-state index in [9.17, 15) is 0 Å². The van der Waals surface area contributed by atoms with Gasteiger partial charge in [0.05, 0.1) is 5.69 Å². The Labute approximate surface area is 105 Å². The maximum Gasteiger partial charge on any atom is 0.151 e. The van der Waals surface area contributed by atoms with Gasteiger partial charge in [0, 0.05) is 5.56 Å². The Morgan fingerprint density at radius 3 is 2.67 bits per heavy atom. The van der Waals surface area contributed by atoms with Gasteiger partial charge in [-0.25, -0.2) is 0 Å². The van der Waals surface area contributed by atoms with Gasteiger partial charge < -0.3 is 14.8 Å². The third kappa shape index (κ3) is 1.37. The molecule has 0 aromatic heterocycles. The van der Waals surface area contributed by atoms with Crippen LogP contribution in [0.15, 0.2) is 48.5 Å². The minimum absolute atomic E-state index is 0.0323. The molecule has 2 aromatic rings. The van der Waals surface area contributed by atoms with E-state index >= 15 is 0 Å². The molecule has 1 N–H and O–H groups in total. The average Bonchev–Trinajstić information content (AvgIpc) is 2.45. The van der Waals surface area contributed by atoms with Crippen LogP contribution in [-0.2, 0) is 0 Å². The standard InChI is InChI=1S/C15H13NO2/c1-3-7-13-10(5-1)15-12(9-17-13)16-11-6-2-4-8-14(11)18-15/h1-8,12,15-16H,9H2. The van der Waals surface area contributed by atoms with E-state index in [1.807, 2.05) is 42.5 Å². The van der Waals surface area contributed by atoms with E-state index < -0.39 is 0 Å². The maximum atomic E-state index is 6.12. The highest BCUT2D eigenvalue weighted by atomic mass is 16.5. The zero-order valence-electron chi connectivity index (χ0n) is 9.80. The highest BCUT2D eigenvalue weighted by Crippen LogP contribution is 2.42. The Kier molecular flexibility index (Phi) is 2.00. The van der Waals surface area contributed by atoms with E-state index in [4.69, 9.17) is 9.47 Å². The number of hydrogen-bond donors (Lipinski definition) is 1. The van der Waals surface area contributed by atoms with Crippen molar-refractivity contribution >= 4 is 5.69 Å². The number of hydrogen-bond acceptors (Lipinski definition) is 3. The lowest BCUT2D eigenvalue weighted by Gasteiger charge is -2.38. The van der Waals surface area contributed by atoms with Crippen molar-refractivity contribution in [3.8, 4) is 11.5 Å². The summed E-state index contributed by atoms with van der Waals surface area (Å²) in [6.45, 7) is 0.635. The van der Waals surface area contributed by atoms with E-state index in [1.165, 1.54) is 0 Å². The van der Waals surface area contributed by atoms with Crippen molar-refractivity contribution in [2.45, 2.75) is 12.1 Å². The largest absolute Gasteiger partial charge is 0.491 e. The summed E-state index contributed by atoms with van der Waals surface area (Å²) in [4.78, 5) is 0. The van der Waals surface area contributed by atoms with Gasteiger partial charge in [0.1, 0.15) is 24.1 Å². The van der Waals surface area contributed by atoms with Crippen LogP contribution >= 0.6 is 0 Å². The Hall–Kier alpha value is -2.16. The minimum Gasteiger partial charge on any atom is -0.491 e. The average molecular weight is 239 g/mol. The van der Waals surface area contributed by atoms with Crippen LogP contribution in [0, 0.1) is 0 Å². The lowest BCUT2D eigenvalue weighted by atomic mass is 9.97. The second kappa shape index (κ2) is 3.67. The second-order valence-corrected chi connectivity index (χ2v) is 4.63. The molecule has 0 saturated heterocycles. The van der Waals surface area contributed by atoms with Gasteiger partial charge in [0.15, 0.2) is 6.10 Å². The molecule has 2 aliphatic heterocycles. The monoisotopic (exact) mass is 239 g/mol. The number of fused-ring (bicyclic) bond motifs is 4. The first-order valence-corrected chi connectivity index (χ1v) is 6.16. The minimum atomic E-state index is 0.0323. The van der Waals surface area contributed by atoms with Crippen LogP contribution in [0.25, 0.3) is 0 Å². The highest BCUT2D eigenvalue weighted by Gasteiger charge is 2.36. The molecule has 0 aliphatic carbocycles. The van der Waals surface area contributed by atoms with Crippen molar-refractivity contribution in [3.05, 3.63) is 54.1 Å². The molecular formula is C15H13NO2. The fourth-order valence-electron chi connectivity index (χ4n) is 2.62. The Bertz CT molecular complexity index is 597. The molecule has 3 heteroatoms. The van der Waals surface area contributed by atoms with E-state index in [-0.39, 0.29) is 12.1 Å². The van der Waals surface area contributed by atoms with E-state index in [2.05, 4.69) is 11.4 Å². The Morgan fingerprint density at radius 1 is 0.944 bits per heavy atom. The molecule has 0 amide bonds. The van der Waals surface area contributed by atoms with Gasteiger partial charge in [-0.05, 0) is 18.2 Å². The molecular weight excluding hydrogens is 226 g/mol. The van der Waals surface area contributed by atoms with E-state index in [0.717, 1.165) is 22.7 Å². The fourth-order valence-corrected chi connectivity index (χ4v) is 2.62. The van der Waals surface area contributed by atoms with Crippen molar-refractivity contribution in [3.63, 3.8) is 0 Å². The fraction of sp³-hybridized carbons (Fsp3) is 0.200. The summed E-state index contributed by atoms with van der Waals surface area (Å²) >= 11 is 0. The van der Waals surface area contributed by atoms with Crippen molar-refractivity contribution in [1.82, 2.24) is 0 Å². The summed E-state index contributed by atoms with van der Waals surface area (Å²) in [7, 11) is 0. The van der Waals surface area contributed by atoms with Crippen LogP contribution in [-0.4, -0.2) is 12.6 Å². The number of anilines is 1. The van der Waals surface area contributed by atoms with Crippen LogP contribution < -0.4 is 14.8 Å². The molecule has 90 valence electrons. The van der Waals surface area contributed by atoms with Gasteiger partial charge in [-0.3, -0.25) is 0 Å².